The van der Waals surface area contributed by atoms with Crippen molar-refractivity contribution in [3.05, 3.63) is 65.5 Å². The molecule has 3 aromatic rings. The van der Waals surface area contributed by atoms with Gasteiger partial charge in [-0.25, -0.2) is 0 Å². The summed E-state index contributed by atoms with van der Waals surface area (Å²) in [5.41, 5.74) is 3.33. The first kappa shape index (κ1) is 20.5. The minimum atomic E-state index is 0.116. The van der Waals surface area contributed by atoms with Gasteiger partial charge in [-0.2, -0.15) is 0 Å². The molecule has 1 aliphatic carbocycles. The van der Waals surface area contributed by atoms with Gasteiger partial charge in [-0.3, -0.25) is 9.36 Å². The molecule has 0 radical (unpaired) electrons. The molecular formula is C23H26N4O2S. The van der Waals surface area contributed by atoms with Crippen LogP contribution < -0.4 is 10.1 Å². The number of hydrogen-bond acceptors (Lipinski definition) is 5. The van der Waals surface area contributed by atoms with E-state index in [9.17, 15) is 4.79 Å². The van der Waals surface area contributed by atoms with E-state index in [1.54, 1.807) is 18.9 Å². The lowest BCUT2D eigenvalue weighted by Gasteiger charge is -2.24. The van der Waals surface area contributed by atoms with Gasteiger partial charge in [-0.05, 0) is 49.6 Å². The summed E-state index contributed by atoms with van der Waals surface area (Å²) in [5, 5.41) is 12.6. The molecule has 1 aliphatic rings. The molecule has 4 rings (SSSR count). The summed E-state index contributed by atoms with van der Waals surface area (Å²) in [7, 11) is 1.67. The van der Waals surface area contributed by atoms with Gasteiger partial charge in [0, 0.05) is 17.4 Å². The SMILES string of the molecule is COc1cccc(CSc2nnc(CNC(=O)C3CCC3)n2-c2ccc(C)cc2)c1. The maximum absolute atomic E-state index is 12.3. The maximum Gasteiger partial charge on any atom is 0.223 e. The van der Waals surface area contributed by atoms with Crippen LogP contribution >= 0.6 is 11.8 Å². The number of thioether (sulfide) groups is 1. The second-order valence-electron chi connectivity index (χ2n) is 7.56. The lowest BCUT2D eigenvalue weighted by Crippen LogP contribution is -2.34. The highest BCUT2D eigenvalue weighted by atomic mass is 32.2. The van der Waals surface area contributed by atoms with E-state index in [4.69, 9.17) is 4.74 Å². The fourth-order valence-electron chi connectivity index (χ4n) is 3.35. The zero-order valence-corrected chi connectivity index (χ0v) is 18.1. The van der Waals surface area contributed by atoms with E-state index in [2.05, 4.69) is 52.8 Å². The van der Waals surface area contributed by atoms with Crippen molar-refractivity contribution in [2.75, 3.05) is 7.11 Å². The summed E-state index contributed by atoms with van der Waals surface area (Å²) in [5.74, 6) is 2.59. The number of aromatic nitrogens is 3. The number of methoxy groups -OCH3 is 1. The quantitative estimate of drug-likeness (QED) is 0.549. The second-order valence-corrected chi connectivity index (χ2v) is 8.50. The molecule has 0 unspecified atom stereocenters. The van der Waals surface area contributed by atoms with Gasteiger partial charge >= 0.3 is 0 Å². The molecule has 1 amide bonds. The molecule has 1 heterocycles. The Morgan fingerprint density at radius 1 is 1.20 bits per heavy atom. The Hall–Kier alpha value is -2.80. The number of carbonyl (C=O) groups excluding carboxylic acids is 1. The summed E-state index contributed by atoms with van der Waals surface area (Å²) in [6, 6.07) is 16.3. The molecule has 6 nitrogen and oxygen atoms in total. The molecule has 1 saturated carbocycles. The molecule has 0 bridgehead atoms. The molecule has 0 saturated heterocycles. The zero-order valence-electron chi connectivity index (χ0n) is 17.3. The van der Waals surface area contributed by atoms with Crippen molar-refractivity contribution in [1.82, 2.24) is 20.1 Å². The lowest BCUT2D eigenvalue weighted by atomic mass is 9.85. The van der Waals surface area contributed by atoms with Crippen molar-refractivity contribution >= 4 is 17.7 Å². The van der Waals surface area contributed by atoms with E-state index < -0.39 is 0 Å². The lowest BCUT2D eigenvalue weighted by molar-refractivity contribution is -0.127. The van der Waals surface area contributed by atoms with Crippen molar-refractivity contribution in [3.8, 4) is 11.4 Å². The molecule has 2 aromatic carbocycles. The Morgan fingerprint density at radius 2 is 2.00 bits per heavy atom. The molecule has 1 N–H and O–H groups in total. The molecule has 7 heteroatoms. The van der Waals surface area contributed by atoms with Crippen LogP contribution in [-0.2, 0) is 17.1 Å². The molecule has 30 heavy (non-hydrogen) atoms. The highest BCUT2D eigenvalue weighted by Crippen LogP contribution is 2.28. The largest absolute Gasteiger partial charge is 0.497 e. The van der Waals surface area contributed by atoms with Gasteiger partial charge < -0.3 is 10.1 Å². The summed E-state index contributed by atoms with van der Waals surface area (Å²) >= 11 is 1.62. The Morgan fingerprint density at radius 3 is 2.70 bits per heavy atom. The van der Waals surface area contributed by atoms with Crippen LogP contribution in [0.1, 0.15) is 36.2 Å². The van der Waals surface area contributed by atoms with Crippen LogP contribution in [0.3, 0.4) is 0 Å². The molecular weight excluding hydrogens is 396 g/mol. The van der Waals surface area contributed by atoms with Crippen molar-refractivity contribution in [1.29, 1.82) is 0 Å². The minimum Gasteiger partial charge on any atom is -0.497 e. The molecule has 156 valence electrons. The van der Waals surface area contributed by atoms with Crippen LogP contribution in [0, 0.1) is 12.8 Å². The standard InChI is InChI=1S/C23H26N4O2S/c1-16-9-11-19(12-10-16)27-21(14-24-22(28)18-6-4-7-18)25-26-23(27)30-15-17-5-3-8-20(13-17)29-2/h3,5,8-13,18H,4,6-7,14-15H2,1-2H3,(H,24,28). The van der Waals surface area contributed by atoms with Crippen LogP contribution in [0.2, 0.25) is 0 Å². The van der Waals surface area contributed by atoms with E-state index in [1.165, 1.54) is 5.56 Å². The van der Waals surface area contributed by atoms with Gasteiger partial charge in [0.25, 0.3) is 0 Å². The molecule has 1 fully saturated rings. The van der Waals surface area contributed by atoms with Gasteiger partial charge in [0.05, 0.1) is 13.7 Å². The Bertz CT molecular complexity index is 1010. The van der Waals surface area contributed by atoms with Crippen LogP contribution in [-0.4, -0.2) is 27.8 Å². The number of amides is 1. The van der Waals surface area contributed by atoms with Crippen molar-refractivity contribution in [2.24, 2.45) is 5.92 Å². The number of nitrogens with one attached hydrogen (secondary N) is 1. The second kappa shape index (κ2) is 9.34. The first-order valence-corrected chi connectivity index (χ1v) is 11.2. The fourth-order valence-corrected chi connectivity index (χ4v) is 4.27. The third-order valence-electron chi connectivity index (χ3n) is 5.39. The van der Waals surface area contributed by atoms with E-state index in [0.717, 1.165) is 53.0 Å². The average molecular weight is 423 g/mol. The Balaban J connectivity index is 1.55. The zero-order chi connectivity index (χ0) is 20.9. The smallest absolute Gasteiger partial charge is 0.223 e. The minimum absolute atomic E-state index is 0.116. The van der Waals surface area contributed by atoms with E-state index in [0.29, 0.717) is 6.54 Å². The van der Waals surface area contributed by atoms with Gasteiger partial charge in [0.2, 0.25) is 5.91 Å². The predicted octanol–water partition coefficient (Wildman–Crippen LogP) is 4.29. The molecule has 0 aliphatic heterocycles. The van der Waals surface area contributed by atoms with Crippen molar-refractivity contribution < 1.29 is 9.53 Å². The first-order chi connectivity index (χ1) is 14.6. The first-order valence-electron chi connectivity index (χ1n) is 10.2. The number of ether oxygens (including phenoxy) is 1. The Labute approximate surface area is 181 Å². The third-order valence-corrected chi connectivity index (χ3v) is 6.39. The third kappa shape index (κ3) is 4.67. The summed E-state index contributed by atoms with van der Waals surface area (Å²) in [6.45, 7) is 2.43. The highest BCUT2D eigenvalue weighted by Gasteiger charge is 2.25. The van der Waals surface area contributed by atoms with Gasteiger partial charge in [-0.15, -0.1) is 10.2 Å². The molecule has 0 atom stereocenters. The monoisotopic (exact) mass is 422 g/mol. The topological polar surface area (TPSA) is 69.0 Å². The van der Waals surface area contributed by atoms with Crippen LogP contribution in [0.25, 0.3) is 5.69 Å². The predicted molar refractivity (Wildman–Crippen MR) is 118 cm³/mol. The fraction of sp³-hybridized carbons (Fsp3) is 0.348. The molecule has 1 aromatic heterocycles. The van der Waals surface area contributed by atoms with Crippen LogP contribution in [0.5, 0.6) is 5.75 Å². The number of hydrogen-bond donors (Lipinski definition) is 1. The van der Waals surface area contributed by atoms with Crippen molar-refractivity contribution in [3.63, 3.8) is 0 Å². The van der Waals surface area contributed by atoms with Gasteiger partial charge in [0.15, 0.2) is 11.0 Å². The number of aryl methyl sites for hydroxylation is 1. The molecule has 0 spiro atoms. The summed E-state index contributed by atoms with van der Waals surface area (Å²) in [6.07, 6.45) is 3.11. The summed E-state index contributed by atoms with van der Waals surface area (Å²) < 4.78 is 7.35. The highest BCUT2D eigenvalue weighted by molar-refractivity contribution is 7.98. The number of carbonyl (C=O) groups is 1. The van der Waals surface area contributed by atoms with Gasteiger partial charge in [-0.1, -0.05) is 48.0 Å². The van der Waals surface area contributed by atoms with Crippen molar-refractivity contribution in [2.45, 2.75) is 43.6 Å². The average Bonchev–Trinajstić information content (AvgIpc) is 3.13. The maximum atomic E-state index is 12.3. The number of rotatable bonds is 8. The van der Waals surface area contributed by atoms with E-state index in [-0.39, 0.29) is 11.8 Å². The van der Waals surface area contributed by atoms with E-state index in [1.807, 2.05) is 22.8 Å². The normalized spacial score (nSPS) is 13.7. The number of benzene rings is 2. The van der Waals surface area contributed by atoms with Gasteiger partial charge in [0.1, 0.15) is 5.75 Å². The number of nitrogens with zero attached hydrogens (tertiary/aromatic N) is 3. The van der Waals surface area contributed by atoms with Crippen LogP contribution in [0.4, 0.5) is 0 Å². The van der Waals surface area contributed by atoms with Crippen LogP contribution in [0.15, 0.2) is 53.7 Å². The Kier molecular flexibility index (Phi) is 6.38. The van der Waals surface area contributed by atoms with E-state index >= 15 is 0 Å². The summed E-state index contributed by atoms with van der Waals surface area (Å²) in [4.78, 5) is 12.3.